The lowest BCUT2D eigenvalue weighted by Gasteiger charge is -2.41. The van der Waals surface area contributed by atoms with Crippen molar-refractivity contribution in [1.29, 1.82) is 0 Å². The number of halogens is 2. The van der Waals surface area contributed by atoms with Gasteiger partial charge in [0.2, 0.25) is 0 Å². The van der Waals surface area contributed by atoms with Crippen molar-refractivity contribution in [2.75, 3.05) is 6.61 Å². The fraction of sp³-hybridized carbons (Fsp3) is 0.429. The molecule has 3 heteroatoms. The highest BCUT2D eigenvalue weighted by Crippen LogP contribution is 2.48. The van der Waals surface area contributed by atoms with Crippen molar-refractivity contribution in [3.8, 4) is 16.9 Å². The van der Waals surface area contributed by atoms with Gasteiger partial charge in [-0.15, -0.1) is 6.58 Å². The minimum absolute atomic E-state index is 0.172. The molecule has 0 aliphatic heterocycles. The average Bonchev–Trinajstić information content (AvgIpc) is 2.79. The van der Waals surface area contributed by atoms with Crippen LogP contribution in [-0.2, 0) is 0 Å². The van der Waals surface area contributed by atoms with Crippen LogP contribution in [0.1, 0.15) is 56.9 Å². The Bertz CT molecular complexity index is 948. The van der Waals surface area contributed by atoms with Crippen molar-refractivity contribution in [3.05, 3.63) is 78.4 Å². The molecule has 4 unspecified atom stereocenters. The van der Waals surface area contributed by atoms with Crippen molar-refractivity contribution < 1.29 is 13.5 Å². The highest BCUT2D eigenvalue weighted by Gasteiger charge is 2.35. The number of rotatable bonds is 6. The number of ether oxygens (including phenoxy) is 1. The first-order valence-electron chi connectivity index (χ1n) is 11.5. The van der Waals surface area contributed by atoms with E-state index in [9.17, 15) is 4.39 Å². The zero-order valence-electron chi connectivity index (χ0n) is 18.3. The molecule has 0 N–H and O–H groups in total. The van der Waals surface area contributed by atoms with Gasteiger partial charge in [0.1, 0.15) is 12.4 Å². The molecule has 4 rings (SSSR count). The summed E-state index contributed by atoms with van der Waals surface area (Å²) < 4.78 is 34.9. The highest BCUT2D eigenvalue weighted by atomic mass is 19.1. The summed E-state index contributed by atoms with van der Waals surface area (Å²) in [4.78, 5) is 0. The van der Waals surface area contributed by atoms with E-state index in [4.69, 9.17) is 4.74 Å². The van der Waals surface area contributed by atoms with E-state index in [1.54, 1.807) is 18.2 Å². The van der Waals surface area contributed by atoms with Gasteiger partial charge in [-0.1, -0.05) is 36.4 Å². The average molecular weight is 423 g/mol. The molecule has 0 heterocycles. The second-order valence-corrected chi connectivity index (χ2v) is 9.10. The third kappa shape index (κ3) is 4.92. The summed E-state index contributed by atoms with van der Waals surface area (Å²) in [6, 6.07) is 10.2. The van der Waals surface area contributed by atoms with Gasteiger partial charge < -0.3 is 4.74 Å². The maximum absolute atomic E-state index is 15.1. The van der Waals surface area contributed by atoms with E-state index in [1.165, 1.54) is 31.7 Å². The number of fused-ring (bicyclic) bond motifs is 1. The van der Waals surface area contributed by atoms with Crippen LogP contribution in [0.4, 0.5) is 8.78 Å². The molecule has 31 heavy (non-hydrogen) atoms. The van der Waals surface area contributed by atoms with Crippen LogP contribution in [0.2, 0.25) is 0 Å². The second kappa shape index (κ2) is 9.80. The smallest absolute Gasteiger partial charge is 0.165 e. The first kappa shape index (κ1) is 21.8. The van der Waals surface area contributed by atoms with Gasteiger partial charge in [0.25, 0.3) is 0 Å². The summed E-state index contributed by atoms with van der Waals surface area (Å²) in [7, 11) is 0. The van der Waals surface area contributed by atoms with Gasteiger partial charge in [0.15, 0.2) is 11.6 Å². The van der Waals surface area contributed by atoms with Crippen LogP contribution in [-0.4, -0.2) is 6.61 Å². The zero-order valence-corrected chi connectivity index (χ0v) is 18.3. The Morgan fingerprint density at radius 2 is 1.65 bits per heavy atom. The van der Waals surface area contributed by atoms with Crippen LogP contribution in [0.15, 0.2) is 61.2 Å². The van der Waals surface area contributed by atoms with Crippen LogP contribution in [0.3, 0.4) is 0 Å². The van der Waals surface area contributed by atoms with Crippen LogP contribution in [0.5, 0.6) is 5.75 Å². The number of hydrogen-bond donors (Lipinski definition) is 0. The largest absolute Gasteiger partial charge is 0.486 e. The summed E-state index contributed by atoms with van der Waals surface area (Å²) in [5.41, 5.74) is 2.17. The quantitative estimate of drug-likeness (QED) is 0.428. The molecule has 2 saturated carbocycles. The number of benzene rings is 2. The van der Waals surface area contributed by atoms with E-state index in [0.717, 1.165) is 24.3 Å². The zero-order chi connectivity index (χ0) is 21.8. The van der Waals surface area contributed by atoms with E-state index in [1.807, 2.05) is 31.2 Å². The van der Waals surface area contributed by atoms with E-state index in [0.29, 0.717) is 29.6 Å². The number of hydrogen-bond acceptors (Lipinski definition) is 1. The normalized spacial score (nSPS) is 25.9. The maximum atomic E-state index is 15.1. The molecular formula is C28H32F2O. The van der Waals surface area contributed by atoms with E-state index in [2.05, 4.69) is 12.7 Å². The van der Waals surface area contributed by atoms with Crippen molar-refractivity contribution >= 4 is 0 Å². The van der Waals surface area contributed by atoms with Crippen LogP contribution in [0, 0.1) is 29.4 Å². The molecular weight excluding hydrogens is 390 g/mol. The minimum Gasteiger partial charge on any atom is -0.486 e. The molecule has 4 atom stereocenters. The standard InChI is InChI=1S/C28H32F2O/c1-3-5-14-31-28-13-11-23(18-27(28)30)22-10-12-25(26(29)17-22)24-9-8-20-15-19(4-2)6-7-21(20)16-24/h3-5,10-13,17-21,24H,2,6-9,14-16H2,1H3/b5-3+. The molecule has 2 fully saturated rings. The van der Waals surface area contributed by atoms with Crippen molar-refractivity contribution in [1.82, 2.24) is 0 Å². The van der Waals surface area contributed by atoms with Gasteiger partial charge in [-0.2, -0.15) is 0 Å². The topological polar surface area (TPSA) is 9.23 Å². The molecule has 0 amide bonds. The Hall–Kier alpha value is -2.42. The monoisotopic (exact) mass is 422 g/mol. The fourth-order valence-electron chi connectivity index (χ4n) is 5.49. The number of allylic oxidation sites excluding steroid dienone is 2. The predicted molar refractivity (Wildman–Crippen MR) is 123 cm³/mol. The molecule has 0 spiro atoms. The summed E-state index contributed by atoms with van der Waals surface area (Å²) >= 11 is 0. The van der Waals surface area contributed by atoms with Crippen molar-refractivity contribution in [3.63, 3.8) is 0 Å². The van der Waals surface area contributed by atoms with Crippen LogP contribution >= 0.6 is 0 Å². The van der Waals surface area contributed by atoms with Gasteiger partial charge in [0.05, 0.1) is 0 Å². The Kier molecular flexibility index (Phi) is 6.89. The second-order valence-electron chi connectivity index (χ2n) is 9.10. The van der Waals surface area contributed by atoms with E-state index in [-0.39, 0.29) is 17.5 Å². The SMILES string of the molecule is C=CC1CCC2CC(c3ccc(-c4ccc(OC/C=C/C)c(F)c4)cc3F)CCC2C1. The fourth-order valence-corrected chi connectivity index (χ4v) is 5.49. The van der Waals surface area contributed by atoms with Gasteiger partial charge in [-0.3, -0.25) is 0 Å². The van der Waals surface area contributed by atoms with E-state index >= 15 is 4.39 Å². The Balaban J connectivity index is 1.46. The molecule has 2 aromatic carbocycles. The van der Waals surface area contributed by atoms with Gasteiger partial charge in [-0.05, 0) is 104 Å². The van der Waals surface area contributed by atoms with E-state index < -0.39 is 5.82 Å². The summed E-state index contributed by atoms with van der Waals surface area (Å²) in [6.07, 6.45) is 12.8. The van der Waals surface area contributed by atoms with Gasteiger partial charge in [0, 0.05) is 0 Å². The Labute approximate surface area is 184 Å². The lowest BCUT2D eigenvalue weighted by atomic mass is 9.64. The molecule has 2 aliphatic carbocycles. The summed E-state index contributed by atoms with van der Waals surface area (Å²) in [5.74, 6) is 2.03. The van der Waals surface area contributed by atoms with Crippen molar-refractivity contribution in [2.45, 2.75) is 51.4 Å². The lowest BCUT2D eigenvalue weighted by molar-refractivity contribution is 0.132. The minimum atomic E-state index is -0.431. The van der Waals surface area contributed by atoms with Crippen LogP contribution < -0.4 is 4.74 Å². The van der Waals surface area contributed by atoms with Crippen LogP contribution in [0.25, 0.3) is 11.1 Å². The highest BCUT2D eigenvalue weighted by molar-refractivity contribution is 5.65. The first-order chi connectivity index (χ1) is 15.1. The predicted octanol–water partition coefficient (Wildman–Crippen LogP) is 8.07. The Morgan fingerprint density at radius 3 is 2.35 bits per heavy atom. The summed E-state index contributed by atoms with van der Waals surface area (Å²) in [6.45, 7) is 6.19. The lowest BCUT2D eigenvalue weighted by Crippen LogP contribution is -2.30. The third-order valence-electron chi connectivity index (χ3n) is 7.26. The molecule has 1 nitrogen and oxygen atoms in total. The molecule has 2 aromatic rings. The molecule has 0 bridgehead atoms. The molecule has 0 radical (unpaired) electrons. The Morgan fingerprint density at radius 1 is 0.935 bits per heavy atom. The first-order valence-corrected chi connectivity index (χ1v) is 11.5. The third-order valence-corrected chi connectivity index (χ3v) is 7.26. The summed E-state index contributed by atoms with van der Waals surface area (Å²) in [5, 5.41) is 0. The van der Waals surface area contributed by atoms with Crippen molar-refractivity contribution in [2.24, 2.45) is 17.8 Å². The molecule has 2 aliphatic rings. The van der Waals surface area contributed by atoms with Gasteiger partial charge >= 0.3 is 0 Å². The molecule has 0 aromatic heterocycles. The molecule has 0 saturated heterocycles. The molecule has 164 valence electrons. The maximum Gasteiger partial charge on any atom is 0.165 e. The van der Waals surface area contributed by atoms with Gasteiger partial charge in [-0.25, -0.2) is 8.78 Å².